The molecule has 33 heavy (non-hydrogen) atoms. The molecule has 0 bridgehead atoms. The highest BCUT2D eigenvalue weighted by molar-refractivity contribution is 6.31. The average Bonchev–Trinajstić information content (AvgIpc) is 3.29. The number of anilines is 1. The van der Waals surface area contributed by atoms with Crippen molar-refractivity contribution < 1.29 is 18.8 Å². The Morgan fingerprint density at radius 2 is 2.03 bits per heavy atom. The number of methoxy groups -OCH3 is 2. The van der Waals surface area contributed by atoms with Crippen molar-refractivity contribution in [3.8, 4) is 22.9 Å². The van der Waals surface area contributed by atoms with Gasteiger partial charge in [-0.3, -0.25) is 9.69 Å². The van der Waals surface area contributed by atoms with E-state index in [2.05, 4.69) is 20.4 Å². The summed E-state index contributed by atoms with van der Waals surface area (Å²) < 4.78 is 16.1. The second-order valence-corrected chi connectivity index (χ2v) is 8.54. The Hall–Kier alpha value is -3.10. The van der Waals surface area contributed by atoms with E-state index in [9.17, 15) is 4.79 Å². The summed E-state index contributed by atoms with van der Waals surface area (Å²) in [7, 11) is 3.17. The number of likely N-dealkylation sites (tertiary alicyclic amines) is 1. The van der Waals surface area contributed by atoms with Gasteiger partial charge < -0.3 is 19.3 Å². The van der Waals surface area contributed by atoms with E-state index in [0.717, 1.165) is 36.2 Å². The van der Waals surface area contributed by atoms with Gasteiger partial charge in [0, 0.05) is 22.8 Å². The Kier molecular flexibility index (Phi) is 7.15. The number of ether oxygens (including phenoxy) is 2. The molecule has 1 unspecified atom stereocenters. The van der Waals surface area contributed by atoms with Gasteiger partial charge in [0.25, 0.3) is 0 Å². The van der Waals surface area contributed by atoms with Gasteiger partial charge in [-0.15, -0.1) is 0 Å². The largest absolute Gasteiger partial charge is 0.493 e. The number of hydrogen-bond acceptors (Lipinski definition) is 7. The molecule has 1 amide bonds. The molecule has 174 valence electrons. The van der Waals surface area contributed by atoms with Gasteiger partial charge in [-0.05, 0) is 62.2 Å². The molecule has 2 aromatic carbocycles. The van der Waals surface area contributed by atoms with Crippen LogP contribution in [-0.4, -0.2) is 48.3 Å². The Morgan fingerprint density at radius 1 is 1.21 bits per heavy atom. The fraction of sp³-hybridized carbons (Fsp3) is 0.375. The first-order valence-corrected chi connectivity index (χ1v) is 11.2. The fourth-order valence-electron chi connectivity index (χ4n) is 3.98. The van der Waals surface area contributed by atoms with E-state index in [-0.39, 0.29) is 11.8 Å². The number of carbonyl (C=O) groups excluding carboxylic acids is 1. The molecule has 1 aliphatic rings. The molecule has 9 heteroatoms. The Bertz CT molecular complexity index is 1130. The third-order valence-corrected chi connectivity index (χ3v) is 6.04. The predicted molar refractivity (Wildman–Crippen MR) is 126 cm³/mol. The summed E-state index contributed by atoms with van der Waals surface area (Å²) in [6, 6.07) is 11.0. The normalized spacial score (nSPS) is 16.4. The molecule has 0 aliphatic carbocycles. The highest BCUT2D eigenvalue weighted by atomic mass is 35.5. The first-order valence-electron chi connectivity index (χ1n) is 10.8. The number of rotatable bonds is 7. The molecule has 0 radical (unpaired) electrons. The van der Waals surface area contributed by atoms with Crippen LogP contribution in [0.25, 0.3) is 11.4 Å². The molecule has 8 nitrogen and oxygen atoms in total. The summed E-state index contributed by atoms with van der Waals surface area (Å²) in [6.45, 7) is 3.93. The van der Waals surface area contributed by atoms with E-state index in [4.69, 9.17) is 25.6 Å². The van der Waals surface area contributed by atoms with Gasteiger partial charge in [0.15, 0.2) is 11.5 Å². The van der Waals surface area contributed by atoms with Gasteiger partial charge >= 0.3 is 0 Å². The molecular weight excluding hydrogens is 444 g/mol. The quantitative estimate of drug-likeness (QED) is 0.541. The molecule has 0 saturated carbocycles. The topological polar surface area (TPSA) is 89.7 Å². The monoisotopic (exact) mass is 470 g/mol. The maximum atomic E-state index is 12.9. The zero-order valence-electron chi connectivity index (χ0n) is 18.9. The summed E-state index contributed by atoms with van der Waals surface area (Å²) >= 11 is 6.08. The second-order valence-electron chi connectivity index (χ2n) is 8.10. The maximum Gasteiger partial charge on any atom is 0.241 e. The second kappa shape index (κ2) is 10.2. The van der Waals surface area contributed by atoms with Crippen molar-refractivity contribution in [2.45, 2.75) is 26.3 Å². The molecule has 3 aromatic rings. The summed E-state index contributed by atoms with van der Waals surface area (Å²) in [5, 5.41) is 7.74. The highest BCUT2D eigenvalue weighted by Gasteiger charge is 2.27. The van der Waals surface area contributed by atoms with Crippen LogP contribution >= 0.6 is 11.6 Å². The van der Waals surface area contributed by atoms with Gasteiger partial charge in [0.05, 0.1) is 26.7 Å². The van der Waals surface area contributed by atoms with E-state index in [0.29, 0.717) is 41.3 Å². The lowest BCUT2D eigenvalue weighted by Crippen LogP contribution is -2.40. The van der Waals surface area contributed by atoms with Gasteiger partial charge in [0.2, 0.25) is 17.6 Å². The Morgan fingerprint density at radius 3 is 2.82 bits per heavy atom. The number of nitrogens with one attached hydrogen (secondary N) is 1. The number of benzene rings is 2. The van der Waals surface area contributed by atoms with Crippen molar-refractivity contribution in [1.82, 2.24) is 15.0 Å². The van der Waals surface area contributed by atoms with E-state index >= 15 is 0 Å². The number of halogens is 1. The van der Waals surface area contributed by atoms with Gasteiger partial charge in [-0.2, -0.15) is 4.98 Å². The van der Waals surface area contributed by atoms with Crippen LogP contribution in [-0.2, 0) is 11.3 Å². The standard InChI is InChI=1S/C24H27ClN4O4/c1-15-6-8-18(25)12-19(15)26-24(30)17-5-4-10-29(13-17)14-22-27-23(28-33-22)16-7-9-20(31-2)21(11-16)32-3/h6-9,11-12,17H,4-5,10,13-14H2,1-3H3,(H,26,30). The summed E-state index contributed by atoms with van der Waals surface area (Å²) in [5.74, 6) is 2.10. The van der Waals surface area contributed by atoms with Gasteiger partial charge in [-0.1, -0.05) is 22.8 Å². The van der Waals surface area contributed by atoms with Crippen LogP contribution in [0.3, 0.4) is 0 Å². The zero-order valence-corrected chi connectivity index (χ0v) is 19.7. The van der Waals surface area contributed by atoms with Crippen LogP contribution in [0.4, 0.5) is 5.69 Å². The van der Waals surface area contributed by atoms with E-state index in [1.165, 1.54) is 0 Å². The summed E-state index contributed by atoms with van der Waals surface area (Å²) in [6.07, 6.45) is 1.76. The van der Waals surface area contributed by atoms with Crippen LogP contribution in [0.15, 0.2) is 40.9 Å². The van der Waals surface area contributed by atoms with E-state index in [1.807, 2.05) is 31.2 Å². The van der Waals surface area contributed by atoms with Crippen LogP contribution in [0.2, 0.25) is 5.02 Å². The minimum atomic E-state index is -0.120. The van der Waals surface area contributed by atoms with Crippen LogP contribution in [0.1, 0.15) is 24.3 Å². The number of amides is 1. The van der Waals surface area contributed by atoms with Crippen LogP contribution in [0.5, 0.6) is 11.5 Å². The first-order chi connectivity index (χ1) is 16.0. The van der Waals surface area contributed by atoms with Crippen molar-refractivity contribution in [2.75, 3.05) is 32.6 Å². The van der Waals surface area contributed by atoms with Crippen LogP contribution < -0.4 is 14.8 Å². The maximum absolute atomic E-state index is 12.9. The van der Waals surface area contributed by atoms with Crippen molar-refractivity contribution >= 4 is 23.2 Å². The molecule has 1 saturated heterocycles. The molecule has 4 rings (SSSR count). The average molecular weight is 471 g/mol. The lowest BCUT2D eigenvalue weighted by molar-refractivity contribution is -0.121. The zero-order chi connectivity index (χ0) is 23.4. The van der Waals surface area contributed by atoms with E-state index in [1.54, 1.807) is 26.4 Å². The number of carbonyl (C=O) groups is 1. The molecule has 0 spiro atoms. The third kappa shape index (κ3) is 5.46. The van der Waals surface area contributed by atoms with Gasteiger partial charge in [-0.25, -0.2) is 0 Å². The SMILES string of the molecule is COc1ccc(-c2noc(CN3CCCC(C(=O)Nc4cc(Cl)ccc4C)C3)n2)cc1OC. The molecule has 1 fully saturated rings. The molecule has 1 aliphatic heterocycles. The summed E-state index contributed by atoms with van der Waals surface area (Å²) in [4.78, 5) is 19.6. The lowest BCUT2D eigenvalue weighted by Gasteiger charge is -2.31. The summed E-state index contributed by atoms with van der Waals surface area (Å²) in [5.41, 5.74) is 2.51. The number of nitrogens with zero attached hydrogens (tertiary/aromatic N) is 3. The number of aromatic nitrogens is 2. The van der Waals surface area contributed by atoms with Crippen molar-refractivity contribution in [2.24, 2.45) is 5.92 Å². The van der Waals surface area contributed by atoms with Crippen molar-refractivity contribution in [3.63, 3.8) is 0 Å². The smallest absolute Gasteiger partial charge is 0.241 e. The predicted octanol–water partition coefficient (Wildman–Crippen LogP) is 4.57. The van der Waals surface area contributed by atoms with Crippen molar-refractivity contribution in [3.05, 3.63) is 52.9 Å². The molecular formula is C24H27ClN4O4. The number of hydrogen-bond donors (Lipinski definition) is 1. The minimum absolute atomic E-state index is 0.00149. The third-order valence-electron chi connectivity index (χ3n) is 5.80. The van der Waals surface area contributed by atoms with Gasteiger partial charge in [0.1, 0.15) is 0 Å². The van der Waals surface area contributed by atoms with Crippen LogP contribution in [0, 0.1) is 12.8 Å². The molecule has 2 heterocycles. The van der Waals surface area contributed by atoms with Crippen molar-refractivity contribution in [1.29, 1.82) is 0 Å². The van der Waals surface area contributed by atoms with E-state index < -0.39 is 0 Å². The lowest BCUT2D eigenvalue weighted by atomic mass is 9.97. The number of piperidine rings is 1. The molecule has 1 N–H and O–H groups in total. The fourth-order valence-corrected chi connectivity index (χ4v) is 4.15. The molecule has 1 aromatic heterocycles. The minimum Gasteiger partial charge on any atom is -0.493 e. The Labute approximate surface area is 197 Å². The highest BCUT2D eigenvalue weighted by Crippen LogP contribution is 2.31. The first kappa shape index (κ1) is 23.1. The molecule has 1 atom stereocenters. The number of aryl methyl sites for hydroxylation is 1. The Balaban J connectivity index is 1.39.